The van der Waals surface area contributed by atoms with Gasteiger partial charge < -0.3 is 14.8 Å². The SMILES string of the molecule is Cc1ccc(OCCOc2c(Cl)cc(Cl)cc2/C=C2\SC(=S)NC2=O)c(C)c1. The first kappa shape index (κ1) is 21.0. The maximum Gasteiger partial charge on any atom is 0.263 e. The molecule has 0 radical (unpaired) electrons. The second-order valence-electron chi connectivity index (χ2n) is 6.12. The molecule has 1 saturated heterocycles. The van der Waals surface area contributed by atoms with Crippen LogP contribution in [0.3, 0.4) is 0 Å². The molecular weight excluding hydrogens is 437 g/mol. The number of halogens is 2. The second kappa shape index (κ2) is 9.18. The minimum absolute atomic E-state index is 0.254. The molecule has 0 saturated carbocycles. The van der Waals surface area contributed by atoms with Crippen molar-refractivity contribution < 1.29 is 14.3 Å². The number of hydrogen-bond donors (Lipinski definition) is 1. The fraction of sp³-hybridized carbons (Fsp3) is 0.200. The van der Waals surface area contributed by atoms with Crippen molar-refractivity contribution in [2.75, 3.05) is 13.2 Å². The molecule has 1 amide bonds. The highest BCUT2D eigenvalue weighted by molar-refractivity contribution is 8.26. The van der Waals surface area contributed by atoms with Gasteiger partial charge in [-0.1, -0.05) is 64.9 Å². The third-order valence-electron chi connectivity index (χ3n) is 3.88. The third-order valence-corrected chi connectivity index (χ3v) is 5.55. The van der Waals surface area contributed by atoms with E-state index in [4.69, 9.17) is 44.9 Å². The highest BCUT2D eigenvalue weighted by Gasteiger charge is 2.23. The Kier molecular flexibility index (Phi) is 6.88. The van der Waals surface area contributed by atoms with Crippen LogP contribution < -0.4 is 14.8 Å². The largest absolute Gasteiger partial charge is 0.490 e. The van der Waals surface area contributed by atoms with Crippen LogP contribution in [0.1, 0.15) is 16.7 Å². The fourth-order valence-electron chi connectivity index (χ4n) is 2.66. The maximum atomic E-state index is 11.9. The predicted molar refractivity (Wildman–Crippen MR) is 120 cm³/mol. The average Bonchev–Trinajstić information content (AvgIpc) is 2.92. The summed E-state index contributed by atoms with van der Waals surface area (Å²) in [4.78, 5) is 12.4. The molecule has 1 fully saturated rings. The summed E-state index contributed by atoms with van der Waals surface area (Å²) in [5, 5.41) is 3.38. The lowest BCUT2D eigenvalue weighted by Gasteiger charge is -2.14. The third kappa shape index (κ3) is 5.20. The number of ether oxygens (including phenoxy) is 2. The number of thioether (sulfide) groups is 1. The van der Waals surface area contributed by atoms with Crippen LogP contribution in [0.25, 0.3) is 6.08 Å². The molecule has 4 nitrogen and oxygen atoms in total. The van der Waals surface area contributed by atoms with E-state index in [0.29, 0.717) is 37.2 Å². The van der Waals surface area contributed by atoms with Gasteiger partial charge in [-0.3, -0.25) is 4.79 Å². The Balaban J connectivity index is 1.72. The van der Waals surface area contributed by atoms with Crippen molar-refractivity contribution in [3.05, 3.63) is 62.0 Å². The number of nitrogens with one attached hydrogen (secondary N) is 1. The summed E-state index contributed by atoms with van der Waals surface area (Å²) in [6.45, 7) is 4.66. The van der Waals surface area contributed by atoms with Gasteiger partial charge in [0.2, 0.25) is 0 Å². The van der Waals surface area contributed by atoms with E-state index in [1.54, 1.807) is 18.2 Å². The average molecular weight is 454 g/mol. The van der Waals surface area contributed by atoms with Gasteiger partial charge in [-0.05, 0) is 43.7 Å². The fourth-order valence-corrected chi connectivity index (χ4v) is 4.26. The Labute approximate surface area is 183 Å². The number of amides is 1. The van der Waals surface area contributed by atoms with Gasteiger partial charge in [-0.2, -0.15) is 0 Å². The Hall–Kier alpha value is -1.73. The number of carbonyl (C=O) groups is 1. The molecule has 0 spiro atoms. The molecule has 8 heteroatoms. The molecule has 0 atom stereocenters. The van der Waals surface area contributed by atoms with Crippen molar-refractivity contribution in [2.45, 2.75) is 13.8 Å². The lowest BCUT2D eigenvalue weighted by Crippen LogP contribution is -2.17. The molecule has 1 heterocycles. The quantitative estimate of drug-likeness (QED) is 0.352. The smallest absolute Gasteiger partial charge is 0.263 e. The highest BCUT2D eigenvalue weighted by atomic mass is 35.5. The molecule has 0 bridgehead atoms. The summed E-state index contributed by atoms with van der Waals surface area (Å²) in [6, 6.07) is 9.28. The minimum atomic E-state index is -0.254. The molecule has 146 valence electrons. The summed E-state index contributed by atoms with van der Waals surface area (Å²) in [5.74, 6) is 0.996. The normalized spacial score (nSPS) is 15.1. The predicted octanol–water partition coefficient (Wildman–Crippen LogP) is 5.56. The first-order chi connectivity index (χ1) is 13.3. The lowest BCUT2D eigenvalue weighted by atomic mass is 10.1. The number of aryl methyl sites for hydroxylation is 2. The van der Waals surface area contributed by atoms with Gasteiger partial charge in [0.15, 0.2) is 0 Å². The second-order valence-corrected chi connectivity index (χ2v) is 8.69. The summed E-state index contributed by atoms with van der Waals surface area (Å²) in [7, 11) is 0. The standard InChI is InChI=1S/C20H17Cl2NO3S2/c1-11-3-4-16(12(2)7-11)25-5-6-26-18-13(8-14(21)10-15(18)22)9-17-19(24)23-20(27)28-17/h3-4,7-10H,5-6H2,1-2H3,(H,23,24,27)/b17-9-. The van der Waals surface area contributed by atoms with E-state index < -0.39 is 0 Å². The van der Waals surface area contributed by atoms with E-state index in [9.17, 15) is 4.79 Å². The monoisotopic (exact) mass is 453 g/mol. The van der Waals surface area contributed by atoms with Gasteiger partial charge in [0, 0.05) is 10.6 Å². The van der Waals surface area contributed by atoms with E-state index in [1.165, 1.54) is 17.3 Å². The van der Waals surface area contributed by atoms with Crippen molar-refractivity contribution in [1.82, 2.24) is 5.32 Å². The van der Waals surface area contributed by atoms with E-state index >= 15 is 0 Å². The van der Waals surface area contributed by atoms with E-state index in [0.717, 1.165) is 11.3 Å². The van der Waals surface area contributed by atoms with Crippen molar-refractivity contribution in [2.24, 2.45) is 0 Å². The van der Waals surface area contributed by atoms with E-state index in [-0.39, 0.29) is 12.5 Å². The molecule has 1 aliphatic heterocycles. The molecule has 28 heavy (non-hydrogen) atoms. The Morgan fingerprint density at radius 1 is 1.14 bits per heavy atom. The zero-order valence-corrected chi connectivity index (χ0v) is 18.3. The molecular formula is C20H17Cl2NO3S2. The van der Waals surface area contributed by atoms with Crippen molar-refractivity contribution >= 4 is 63.5 Å². The van der Waals surface area contributed by atoms with Crippen LogP contribution in [0.5, 0.6) is 11.5 Å². The molecule has 1 N–H and O–H groups in total. The Bertz CT molecular complexity index is 976. The Morgan fingerprint density at radius 2 is 1.89 bits per heavy atom. The summed E-state index contributed by atoms with van der Waals surface area (Å²) >= 11 is 18.6. The van der Waals surface area contributed by atoms with Crippen LogP contribution >= 0.6 is 47.2 Å². The van der Waals surface area contributed by atoms with Gasteiger partial charge in [-0.15, -0.1) is 0 Å². The van der Waals surface area contributed by atoms with Gasteiger partial charge >= 0.3 is 0 Å². The molecule has 2 aromatic rings. The van der Waals surface area contributed by atoms with Gasteiger partial charge in [0.05, 0.1) is 9.93 Å². The molecule has 1 aliphatic rings. The summed E-state index contributed by atoms with van der Waals surface area (Å²) in [6.07, 6.45) is 1.66. The Morgan fingerprint density at radius 3 is 2.57 bits per heavy atom. The number of thiocarbonyl (C=S) groups is 1. The number of rotatable bonds is 6. The number of hydrogen-bond acceptors (Lipinski definition) is 5. The molecule has 0 aliphatic carbocycles. The summed E-state index contributed by atoms with van der Waals surface area (Å²) < 4.78 is 12.0. The summed E-state index contributed by atoms with van der Waals surface area (Å²) in [5.41, 5.74) is 2.85. The first-order valence-corrected chi connectivity index (χ1v) is 10.4. The van der Waals surface area contributed by atoms with Crippen LogP contribution in [0.2, 0.25) is 10.0 Å². The van der Waals surface area contributed by atoms with Crippen LogP contribution in [0.15, 0.2) is 35.2 Å². The molecule has 3 rings (SSSR count). The number of benzene rings is 2. The molecule has 0 aromatic heterocycles. The maximum absolute atomic E-state index is 11.9. The van der Waals surface area contributed by atoms with Gasteiger partial charge in [0.1, 0.15) is 29.0 Å². The van der Waals surface area contributed by atoms with Crippen LogP contribution in [0.4, 0.5) is 0 Å². The van der Waals surface area contributed by atoms with Gasteiger partial charge in [-0.25, -0.2) is 0 Å². The highest BCUT2D eigenvalue weighted by Crippen LogP contribution is 2.36. The van der Waals surface area contributed by atoms with E-state index in [1.807, 2.05) is 26.0 Å². The zero-order valence-electron chi connectivity index (χ0n) is 15.2. The topological polar surface area (TPSA) is 47.6 Å². The van der Waals surface area contributed by atoms with Crippen LogP contribution in [-0.4, -0.2) is 23.4 Å². The van der Waals surface area contributed by atoms with Crippen molar-refractivity contribution in [1.29, 1.82) is 0 Å². The van der Waals surface area contributed by atoms with Crippen molar-refractivity contribution in [3.63, 3.8) is 0 Å². The van der Waals surface area contributed by atoms with Crippen LogP contribution in [-0.2, 0) is 4.79 Å². The minimum Gasteiger partial charge on any atom is -0.490 e. The van der Waals surface area contributed by atoms with E-state index in [2.05, 4.69) is 11.4 Å². The van der Waals surface area contributed by atoms with Crippen molar-refractivity contribution in [3.8, 4) is 11.5 Å². The lowest BCUT2D eigenvalue weighted by molar-refractivity contribution is -0.115. The zero-order chi connectivity index (χ0) is 20.3. The first-order valence-electron chi connectivity index (χ1n) is 8.40. The van der Waals surface area contributed by atoms with Crippen LogP contribution in [0, 0.1) is 13.8 Å². The molecule has 2 aromatic carbocycles. The number of carbonyl (C=O) groups excluding carboxylic acids is 1. The molecule has 0 unspecified atom stereocenters. The van der Waals surface area contributed by atoms with Gasteiger partial charge in [0.25, 0.3) is 5.91 Å².